The lowest BCUT2D eigenvalue weighted by atomic mass is 10.3. The zero-order valence-corrected chi connectivity index (χ0v) is 16.8. The van der Waals surface area contributed by atoms with Crippen molar-refractivity contribution in [3.8, 4) is 5.69 Å². The summed E-state index contributed by atoms with van der Waals surface area (Å²) >= 11 is 0. The summed E-state index contributed by atoms with van der Waals surface area (Å²) in [5.74, 6) is -0.449. The summed E-state index contributed by atoms with van der Waals surface area (Å²) in [4.78, 5) is 28.1. The van der Waals surface area contributed by atoms with E-state index < -0.39 is 5.97 Å². The van der Waals surface area contributed by atoms with Crippen LogP contribution < -0.4 is 5.32 Å². The van der Waals surface area contributed by atoms with Gasteiger partial charge in [-0.15, -0.1) is 0 Å². The van der Waals surface area contributed by atoms with E-state index in [1.165, 1.54) is 0 Å². The van der Waals surface area contributed by atoms with Gasteiger partial charge in [0, 0.05) is 45.1 Å². The smallest absolute Gasteiger partial charge is 0.358 e. The second-order valence-electron chi connectivity index (χ2n) is 6.72. The number of carbonyl (C=O) groups excluding carboxylic acids is 2. The lowest BCUT2D eigenvalue weighted by molar-refractivity contribution is 0.0359. The average molecular weight is 401 g/mol. The molecule has 1 aliphatic rings. The van der Waals surface area contributed by atoms with Gasteiger partial charge >= 0.3 is 12.0 Å². The summed E-state index contributed by atoms with van der Waals surface area (Å²) in [6.07, 6.45) is 1.69. The Morgan fingerprint density at radius 2 is 1.93 bits per heavy atom. The Labute approximate surface area is 170 Å². The molecule has 0 aliphatic carbocycles. The summed E-state index contributed by atoms with van der Waals surface area (Å²) in [6.45, 7) is 6.84. The fraction of sp³-hybridized carbons (Fsp3) is 0.450. The largest absolute Gasteiger partial charge is 0.461 e. The lowest BCUT2D eigenvalue weighted by Gasteiger charge is -2.28. The van der Waals surface area contributed by atoms with E-state index in [1.54, 1.807) is 47.9 Å². The van der Waals surface area contributed by atoms with Gasteiger partial charge in [0.25, 0.3) is 0 Å². The van der Waals surface area contributed by atoms with Gasteiger partial charge < -0.3 is 19.7 Å². The molecule has 1 saturated heterocycles. The summed E-state index contributed by atoms with van der Waals surface area (Å²) in [7, 11) is 1.78. The first-order valence-corrected chi connectivity index (χ1v) is 9.72. The molecular formula is C20H27N5O4. The maximum Gasteiger partial charge on any atom is 0.358 e. The maximum absolute atomic E-state index is 12.4. The molecular weight excluding hydrogens is 374 g/mol. The number of likely N-dealkylation sites (N-methyl/N-ethyl adjacent to an activating group) is 1. The number of nitrogens with one attached hydrogen (secondary N) is 1. The molecule has 3 rings (SSSR count). The molecule has 0 radical (unpaired) electrons. The van der Waals surface area contributed by atoms with Crippen LogP contribution in [0.15, 0.2) is 36.5 Å². The molecule has 0 saturated carbocycles. The number of nitrogens with zero attached hydrogens (tertiary/aromatic N) is 4. The highest BCUT2D eigenvalue weighted by Crippen LogP contribution is 2.14. The third kappa shape index (κ3) is 5.78. The van der Waals surface area contributed by atoms with E-state index in [4.69, 9.17) is 9.47 Å². The van der Waals surface area contributed by atoms with Gasteiger partial charge in [-0.25, -0.2) is 14.3 Å². The molecule has 1 aromatic carbocycles. The number of aromatic nitrogens is 2. The van der Waals surface area contributed by atoms with Crippen LogP contribution in [0.4, 0.5) is 10.5 Å². The molecule has 1 aliphatic heterocycles. The van der Waals surface area contributed by atoms with E-state index in [2.05, 4.69) is 15.3 Å². The number of esters is 1. The van der Waals surface area contributed by atoms with E-state index in [1.807, 2.05) is 12.1 Å². The molecule has 9 nitrogen and oxygen atoms in total. The van der Waals surface area contributed by atoms with Crippen LogP contribution in [0, 0.1) is 0 Å². The predicted molar refractivity (Wildman–Crippen MR) is 108 cm³/mol. The normalized spacial score (nSPS) is 14.4. The molecule has 0 bridgehead atoms. The first-order valence-electron chi connectivity index (χ1n) is 9.72. The number of hydrogen-bond donors (Lipinski definition) is 1. The van der Waals surface area contributed by atoms with Gasteiger partial charge in [0.1, 0.15) is 0 Å². The van der Waals surface area contributed by atoms with Crippen molar-refractivity contribution in [1.82, 2.24) is 19.6 Å². The number of rotatable bonds is 7. The van der Waals surface area contributed by atoms with E-state index in [0.29, 0.717) is 18.8 Å². The van der Waals surface area contributed by atoms with Crippen LogP contribution in [0.3, 0.4) is 0 Å². The Bertz CT molecular complexity index is 815. The van der Waals surface area contributed by atoms with Crippen molar-refractivity contribution in [2.45, 2.75) is 6.92 Å². The molecule has 29 heavy (non-hydrogen) atoms. The van der Waals surface area contributed by atoms with E-state index in [9.17, 15) is 9.59 Å². The molecule has 2 heterocycles. The second kappa shape index (κ2) is 10.0. The highest BCUT2D eigenvalue weighted by atomic mass is 16.5. The Hall–Kier alpha value is -2.91. The minimum absolute atomic E-state index is 0.158. The Kier molecular flexibility index (Phi) is 7.20. The molecule has 156 valence electrons. The topological polar surface area (TPSA) is 88.9 Å². The molecule has 1 fully saturated rings. The van der Waals surface area contributed by atoms with Gasteiger partial charge in [-0.05, 0) is 37.3 Å². The lowest BCUT2D eigenvalue weighted by Crippen LogP contribution is -2.42. The highest BCUT2D eigenvalue weighted by molar-refractivity contribution is 5.89. The number of carbonyl (C=O) groups is 2. The van der Waals surface area contributed by atoms with Crippen molar-refractivity contribution in [3.63, 3.8) is 0 Å². The van der Waals surface area contributed by atoms with Crippen LogP contribution in [-0.2, 0) is 9.47 Å². The van der Waals surface area contributed by atoms with Crippen LogP contribution in [0.5, 0.6) is 0 Å². The van der Waals surface area contributed by atoms with Crippen molar-refractivity contribution in [3.05, 3.63) is 42.2 Å². The van der Waals surface area contributed by atoms with E-state index >= 15 is 0 Å². The molecule has 0 atom stereocenters. The van der Waals surface area contributed by atoms with Gasteiger partial charge in [0.15, 0.2) is 5.69 Å². The second-order valence-corrected chi connectivity index (χ2v) is 6.72. The molecule has 0 spiro atoms. The average Bonchev–Trinajstić information content (AvgIpc) is 3.24. The minimum Gasteiger partial charge on any atom is -0.461 e. The van der Waals surface area contributed by atoms with Gasteiger partial charge in [0.05, 0.1) is 25.5 Å². The number of anilines is 1. The van der Waals surface area contributed by atoms with Crippen molar-refractivity contribution in [2.75, 3.05) is 58.4 Å². The minimum atomic E-state index is -0.449. The van der Waals surface area contributed by atoms with Crippen LogP contribution in [0.1, 0.15) is 17.4 Å². The number of morpholine rings is 1. The summed E-state index contributed by atoms with van der Waals surface area (Å²) in [5, 5.41) is 7.11. The molecule has 9 heteroatoms. The monoisotopic (exact) mass is 401 g/mol. The number of ether oxygens (including phenoxy) is 2. The molecule has 1 aromatic heterocycles. The van der Waals surface area contributed by atoms with Crippen molar-refractivity contribution < 1.29 is 19.1 Å². The van der Waals surface area contributed by atoms with Gasteiger partial charge in [-0.3, -0.25) is 4.90 Å². The van der Waals surface area contributed by atoms with Crippen molar-refractivity contribution in [1.29, 1.82) is 0 Å². The maximum atomic E-state index is 12.4. The Balaban J connectivity index is 1.51. The van der Waals surface area contributed by atoms with E-state index in [0.717, 1.165) is 38.5 Å². The molecule has 0 unspecified atom stereocenters. The van der Waals surface area contributed by atoms with Crippen molar-refractivity contribution in [2.24, 2.45) is 0 Å². The van der Waals surface area contributed by atoms with Crippen LogP contribution in [0.25, 0.3) is 5.69 Å². The molecule has 1 N–H and O–H groups in total. The van der Waals surface area contributed by atoms with Crippen LogP contribution in [-0.4, -0.2) is 84.6 Å². The van der Waals surface area contributed by atoms with Gasteiger partial charge in [0.2, 0.25) is 0 Å². The third-order valence-corrected chi connectivity index (χ3v) is 4.66. The van der Waals surface area contributed by atoms with Crippen molar-refractivity contribution >= 4 is 17.7 Å². The number of hydrogen-bond acceptors (Lipinski definition) is 6. The van der Waals surface area contributed by atoms with Crippen LogP contribution >= 0.6 is 0 Å². The standard InChI is InChI=1S/C20H27N5O4/c1-3-29-19(26)18-8-9-25(22-18)17-6-4-16(5-7-17)21-20(27)23(2)10-11-24-12-14-28-15-13-24/h4-9H,3,10-15H2,1-2H3,(H,21,27). The summed E-state index contributed by atoms with van der Waals surface area (Å²) in [5.41, 5.74) is 1.72. The fourth-order valence-electron chi connectivity index (χ4n) is 2.92. The van der Waals surface area contributed by atoms with Crippen LogP contribution in [0.2, 0.25) is 0 Å². The number of amides is 2. The fourth-order valence-corrected chi connectivity index (χ4v) is 2.92. The summed E-state index contributed by atoms with van der Waals surface area (Å²) in [6, 6.07) is 8.70. The van der Waals surface area contributed by atoms with E-state index in [-0.39, 0.29) is 11.7 Å². The molecule has 2 amide bonds. The first kappa shape index (κ1) is 20.8. The van der Waals surface area contributed by atoms with Gasteiger partial charge in [-0.1, -0.05) is 0 Å². The zero-order valence-electron chi connectivity index (χ0n) is 16.8. The summed E-state index contributed by atoms with van der Waals surface area (Å²) < 4.78 is 11.9. The number of urea groups is 1. The van der Waals surface area contributed by atoms with Gasteiger partial charge in [-0.2, -0.15) is 5.10 Å². The zero-order chi connectivity index (χ0) is 20.6. The molecule has 2 aromatic rings. The highest BCUT2D eigenvalue weighted by Gasteiger charge is 2.14. The SMILES string of the molecule is CCOC(=O)c1ccn(-c2ccc(NC(=O)N(C)CCN3CCOCC3)cc2)n1. The first-order chi connectivity index (χ1) is 14.1. The quantitative estimate of drug-likeness (QED) is 0.713. The number of benzene rings is 1. The third-order valence-electron chi connectivity index (χ3n) is 4.66. The predicted octanol–water partition coefficient (Wildman–Crippen LogP) is 1.84. The Morgan fingerprint density at radius 1 is 1.21 bits per heavy atom. The Morgan fingerprint density at radius 3 is 2.62 bits per heavy atom.